The summed E-state index contributed by atoms with van der Waals surface area (Å²) in [5.41, 5.74) is 1.96. The predicted molar refractivity (Wildman–Crippen MR) is 120 cm³/mol. The maximum absolute atomic E-state index is 13.2. The van der Waals surface area contributed by atoms with Crippen LogP contribution in [0.2, 0.25) is 0 Å². The highest BCUT2D eigenvalue weighted by Gasteiger charge is 2.31. The molecule has 0 saturated carbocycles. The Morgan fingerprint density at radius 2 is 2.10 bits per heavy atom. The van der Waals surface area contributed by atoms with E-state index in [4.69, 9.17) is 4.74 Å². The van der Waals surface area contributed by atoms with Crippen molar-refractivity contribution < 1.29 is 14.6 Å². The highest BCUT2D eigenvalue weighted by atomic mass is 32.1. The number of aliphatic hydroxyl groups excluding tert-OH is 1. The number of nitrogens with zero attached hydrogens (tertiary/aromatic N) is 2. The number of aliphatic hydroxyl groups is 1. The van der Waals surface area contributed by atoms with E-state index in [0.717, 1.165) is 23.3 Å². The zero-order valence-corrected chi connectivity index (χ0v) is 17.9. The molecule has 1 aromatic heterocycles. The summed E-state index contributed by atoms with van der Waals surface area (Å²) in [7, 11) is 0. The maximum atomic E-state index is 13.2. The lowest BCUT2D eigenvalue weighted by atomic mass is 10.0. The monoisotopic (exact) mass is 432 g/mol. The highest BCUT2D eigenvalue weighted by Crippen LogP contribution is 2.31. The molecule has 2 atom stereocenters. The molecule has 1 aliphatic heterocycles. The van der Waals surface area contributed by atoms with Crippen LogP contribution in [0, 0.1) is 11.3 Å². The van der Waals surface area contributed by atoms with Crippen molar-refractivity contribution in [1.29, 1.82) is 5.26 Å². The SMILES string of the molecule is N#Cc1ccccc1COc1cccc(C(=O)N2CCCC2CC(O)c2cccs2)c1. The maximum Gasteiger partial charge on any atom is 0.254 e. The molecule has 158 valence electrons. The first-order chi connectivity index (χ1) is 15.2. The third-order valence-electron chi connectivity index (χ3n) is 5.62. The molecule has 31 heavy (non-hydrogen) atoms. The smallest absolute Gasteiger partial charge is 0.254 e. The summed E-state index contributed by atoms with van der Waals surface area (Å²) < 4.78 is 5.87. The number of nitriles is 1. The first-order valence-corrected chi connectivity index (χ1v) is 11.3. The van der Waals surface area contributed by atoms with Crippen molar-refractivity contribution in [2.45, 2.75) is 38.0 Å². The number of hydrogen-bond donors (Lipinski definition) is 1. The largest absolute Gasteiger partial charge is 0.489 e. The molecule has 2 unspecified atom stereocenters. The number of hydrogen-bond acceptors (Lipinski definition) is 5. The molecule has 1 amide bonds. The van der Waals surface area contributed by atoms with E-state index in [9.17, 15) is 15.2 Å². The Morgan fingerprint density at radius 1 is 1.23 bits per heavy atom. The van der Waals surface area contributed by atoms with Gasteiger partial charge >= 0.3 is 0 Å². The van der Waals surface area contributed by atoms with Crippen molar-refractivity contribution in [3.63, 3.8) is 0 Å². The molecule has 0 aliphatic carbocycles. The van der Waals surface area contributed by atoms with Gasteiger partial charge in [-0.05, 0) is 55.0 Å². The number of likely N-dealkylation sites (tertiary alicyclic amines) is 1. The van der Waals surface area contributed by atoms with Gasteiger partial charge in [0.1, 0.15) is 12.4 Å². The van der Waals surface area contributed by atoms with Crippen LogP contribution in [-0.2, 0) is 6.61 Å². The normalized spacial score (nSPS) is 16.6. The summed E-state index contributed by atoms with van der Waals surface area (Å²) in [6, 6.07) is 20.5. The third-order valence-corrected chi connectivity index (χ3v) is 6.59. The van der Waals surface area contributed by atoms with E-state index in [1.165, 1.54) is 11.3 Å². The van der Waals surface area contributed by atoms with Gasteiger partial charge < -0.3 is 14.7 Å². The molecule has 6 heteroatoms. The van der Waals surface area contributed by atoms with E-state index < -0.39 is 6.10 Å². The van der Waals surface area contributed by atoms with Gasteiger partial charge in [0.15, 0.2) is 0 Å². The van der Waals surface area contributed by atoms with Crippen molar-refractivity contribution in [3.8, 4) is 11.8 Å². The fourth-order valence-corrected chi connectivity index (χ4v) is 4.73. The number of amides is 1. The lowest BCUT2D eigenvalue weighted by Crippen LogP contribution is -2.36. The molecular weight excluding hydrogens is 408 g/mol. The van der Waals surface area contributed by atoms with Crippen LogP contribution in [0.3, 0.4) is 0 Å². The number of benzene rings is 2. The molecule has 2 heterocycles. The Bertz CT molecular complexity index is 1070. The fraction of sp³-hybridized carbons (Fsp3) is 0.280. The number of carbonyl (C=O) groups excluding carboxylic acids is 1. The quantitative estimate of drug-likeness (QED) is 0.575. The van der Waals surface area contributed by atoms with Gasteiger partial charge in [0.05, 0.1) is 17.7 Å². The van der Waals surface area contributed by atoms with Crippen molar-refractivity contribution >= 4 is 17.2 Å². The average molecular weight is 433 g/mol. The third kappa shape index (κ3) is 4.96. The van der Waals surface area contributed by atoms with Crippen LogP contribution >= 0.6 is 11.3 Å². The highest BCUT2D eigenvalue weighted by molar-refractivity contribution is 7.10. The van der Waals surface area contributed by atoms with Crippen LogP contribution in [0.25, 0.3) is 0 Å². The van der Waals surface area contributed by atoms with E-state index in [2.05, 4.69) is 6.07 Å². The standard InChI is InChI=1S/C25H24N2O3S/c26-16-19-6-1-2-7-20(19)17-30-22-10-3-8-18(14-22)25(29)27-12-4-9-21(27)15-23(28)24-11-5-13-31-24/h1-3,5-8,10-11,13-14,21,23,28H,4,9,12,15,17H2. The molecule has 1 fully saturated rings. The van der Waals surface area contributed by atoms with Crippen LogP contribution in [0.1, 0.15) is 51.7 Å². The Kier molecular flexibility index (Phi) is 6.66. The van der Waals surface area contributed by atoms with Gasteiger partial charge in [0, 0.05) is 28.6 Å². The summed E-state index contributed by atoms with van der Waals surface area (Å²) in [6.45, 7) is 0.960. The summed E-state index contributed by atoms with van der Waals surface area (Å²) in [5.74, 6) is 0.553. The molecule has 0 radical (unpaired) electrons. The summed E-state index contributed by atoms with van der Waals surface area (Å²) in [4.78, 5) is 16.0. The van der Waals surface area contributed by atoms with E-state index >= 15 is 0 Å². The Hall–Kier alpha value is -3.14. The van der Waals surface area contributed by atoms with Crippen LogP contribution in [0.15, 0.2) is 66.0 Å². The summed E-state index contributed by atoms with van der Waals surface area (Å²) >= 11 is 1.54. The zero-order valence-electron chi connectivity index (χ0n) is 17.1. The van der Waals surface area contributed by atoms with Crippen LogP contribution in [0.5, 0.6) is 5.75 Å². The molecule has 2 aromatic carbocycles. The van der Waals surface area contributed by atoms with Crippen LogP contribution in [-0.4, -0.2) is 28.5 Å². The van der Waals surface area contributed by atoms with Gasteiger partial charge in [-0.3, -0.25) is 4.79 Å². The number of rotatable bonds is 7. The predicted octanol–water partition coefficient (Wildman–Crippen LogP) is 4.93. The van der Waals surface area contributed by atoms with E-state index in [1.54, 1.807) is 18.2 Å². The van der Waals surface area contributed by atoms with Crippen molar-refractivity contribution in [2.24, 2.45) is 0 Å². The Morgan fingerprint density at radius 3 is 2.90 bits per heavy atom. The van der Waals surface area contributed by atoms with Gasteiger partial charge in [0.2, 0.25) is 0 Å². The van der Waals surface area contributed by atoms with Crippen LogP contribution < -0.4 is 4.74 Å². The second-order valence-corrected chi connectivity index (χ2v) is 8.63. The first kappa shape index (κ1) is 21.1. The molecular formula is C25H24N2O3S. The van der Waals surface area contributed by atoms with Crippen molar-refractivity contribution in [1.82, 2.24) is 4.90 Å². The van der Waals surface area contributed by atoms with Crippen molar-refractivity contribution in [3.05, 3.63) is 87.6 Å². The molecule has 5 nitrogen and oxygen atoms in total. The molecule has 1 saturated heterocycles. The Labute approximate surface area is 186 Å². The molecule has 4 rings (SSSR count). The molecule has 1 aliphatic rings. The molecule has 1 N–H and O–H groups in total. The van der Waals surface area contributed by atoms with E-state index in [0.29, 0.717) is 29.8 Å². The van der Waals surface area contributed by atoms with Gasteiger partial charge in [-0.2, -0.15) is 5.26 Å². The second kappa shape index (κ2) is 9.78. The minimum atomic E-state index is -0.548. The lowest BCUT2D eigenvalue weighted by Gasteiger charge is -2.26. The first-order valence-electron chi connectivity index (χ1n) is 10.4. The van der Waals surface area contributed by atoms with Gasteiger partial charge in [-0.25, -0.2) is 0 Å². The van der Waals surface area contributed by atoms with Gasteiger partial charge in [-0.15, -0.1) is 11.3 Å². The zero-order chi connectivity index (χ0) is 21.6. The van der Waals surface area contributed by atoms with E-state index in [-0.39, 0.29) is 18.6 Å². The number of ether oxygens (including phenoxy) is 1. The topological polar surface area (TPSA) is 73.6 Å². The fourth-order valence-electron chi connectivity index (χ4n) is 4.00. The van der Waals surface area contributed by atoms with Crippen molar-refractivity contribution in [2.75, 3.05) is 6.54 Å². The number of thiophene rings is 1. The minimum Gasteiger partial charge on any atom is -0.489 e. The number of carbonyl (C=O) groups is 1. The molecule has 3 aromatic rings. The summed E-state index contributed by atoms with van der Waals surface area (Å²) in [5, 5.41) is 21.7. The van der Waals surface area contributed by atoms with Gasteiger partial charge in [-0.1, -0.05) is 30.3 Å². The molecule has 0 spiro atoms. The minimum absolute atomic E-state index is 0.0247. The van der Waals surface area contributed by atoms with Crippen LogP contribution in [0.4, 0.5) is 0 Å². The summed E-state index contributed by atoms with van der Waals surface area (Å²) in [6.07, 6.45) is 1.84. The average Bonchev–Trinajstić information content (AvgIpc) is 3.50. The Balaban J connectivity index is 1.43. The second-order valence-electron chi connectivity index (χ2n) is 7.65. The lowest BCUT2D eigenvalue weighted by molar-refractivity contribution is 0.0669. The van der Waals surface area contributed by atoms with E-state index in [1.807, 2.05) is 52.7 Å². The van der Waals surface area contributed by atoms with Gasteiger partial charge in [0.25, 0.3) is 5.91 Å². The molecule has 0 bridgehead atoms.